The van der Waals surface area contributed by atoms with E-state index >= 15 is 0 Å². The van der Waals surface area contributed by atoms with Gasteiger partial charge in [0.15, 0.2) is 0 Å². The van der Waals surface area contributed by atoms with Gasteiger partial charge in [-0.3, -0.25) is 19.4 Å². The summed E-state index contributed by atoms with van der Waals surface area (Å²) in [5, 5.41) is 17.8. The van der Waals surface area contributed by atoms with Crippen molar-refractivity contribution in [3.8, 4) is 34.2 Å². The van der Waals surface area contributed by atoms with E-state index in [0.29, 0.717) is 41.5 Å². The molecule has 40 heavy (non-hydrogen) atoms. The molecule has 2 aromatic carbocycles. The highest BCUT2D eigenvalue weighted by molar-refractivity contribution is 5.85. The fourth-order valence-corrected chi connectivity index (χ4v) is 4.67. The summed E-state index contributed by atoms with van der Waals surface area (Å²) in [6.07, 6.45) is 4.20. The predicted molar refractivity (Wildman–Crippen MR) is 156 cm³/mol. The summed E-state index contributed by atoms with van der Waals surface area (Å²) in [6.45, 7) is 1.95. The number of nitrogens with zero attached hydrogens (tertiary/aromatic N) is 4. The van der Waals surface area contributed by atoms with Gasteiger partial charge in [0.05, 0.1) is 29.5 Å². The number of aromatic nitrogens is 2. The van der Waals surface area contributed by atoms with Gasteiger partial charge in [-0.15, -0.1) is 12.4 Å². The molecule has 1 aromatic heterocycles. The smallest absolute Gasteiger partial charge is 0.263 e. The number of halogens is 1. The van der Waals surface area contributed by atoms with Crippen LogP contribution in [0.3, 0.4) is 0 Å². The number of piperidine rings is 1. The minimum absolute atomic E-state index is 0. The van der Waals surface area contributed by atoms with Gasteiger partial charge in [-0.2, -0.15) is 5.26 Å². The first-order valence-corrected chi connectivity index (χ1v) is 13.2. The van der Waals surface area contributed by atoms with Crippen molar-refractivity contribution in [1.82, 2.24) is 15.0 Å². The molecule has 2 heterocycles. The van der Waals surface area contributed by atoms with E-state index in [-0.39, 0.29) is 36.3 Å². The third kappa shape index (κ3) is 7.39. The average molecular weight is 567 g/mol. The standard InChI is InChI=1S/C29H34N6O4.ClH/c1-34-28(37)26(21-10-12-24(13-11-21)39-18-4-2-3-5-25(36)33-38)27(22-8-6-20(19-30)7-9-22)32-29(34)35-16-14-23(31)15-17-35;/h6-13,23,38H,2-5,14-18,31H2,1H3,(H,33,36);1H. The maximum absolute atomic E-state index is 13.8. The largest absolute Gasteiger partial charge is 0.494 e. The third-order valence-electron chi connectivity index (χ3n) is 6.96. The van der Waals surface area contributed by atoms with Crippen LogP contribution in [-0.2, 0) is 11.8 Å². The molecule has 1 saturated heterocycles. The van der Waals surface area contributed by atoms with Crippen molar-refractivity contribution >= 4 is 24.3 Å². The summed E-state index contributed by atoms with van der Waals surface area (Å²) in [5.74, 6) is 0.893. The third-order valence-corrected chi connectivity index (χ3v) is 6.96. The Kier molecular flexibility index (Phi) is 11.1. The number of ether oxygens (including phenoxy) is 1. The molecule has 0 unspecified atom stereocenters. The Morgan fingerprint density at radius 1 is 1.10 bits per heavy atom. The molecule has 0 atom stereocenters. The number of nitrogens with two attached hydrogens (primary N) is 1. The normalized spacial score (nSPS) is 13.3. The molecule has 1 amide bonds. The molecular formula is C29H35ClN6O4. The number of rotatable bonds is 10. The van der Waals surface area contributed by atoms with Crippen LogP contribution in [0.1, 0.15) is 44.1 Å². The number of hydrogen-bond donors (Lipinski definition) is 3. The molecule has 10 nitrogen and oxygen atoms in total. The Hall–Kier alpha value is -3.91. The van der Waals surface area contributed by atoms with Gasteiger partial charge in [0.2, 0.25) is 11.9 Å². The average Bonchev–Trinajstić information content (AvgIpc) is 2.97. The van der Waals surface area contributed by atoms with Crippen LogP contribution in [0.5, 0.6) is 5.75 Å². The number of carbonyl (C=O) groups is 1. The summed E-state index contributed by atoms with van der Waals surface area (Å²) < 4.78 is 7.43. The Bertz CT molecular complexity index is 1380. The van der Waals surface area contributed by atoms with E-state index in [4.69, 9.17) is 20.7 Å². The van der Waals surface area contributed by atoms with Gasteiger partial charge < -0.3 is 15.4 Å². The molecule has 3 aromatic rings. The SMILES string of the molecule is Cl.Cn1c(N2CCC(N)CC2)nc(-c2ccc(C#N)cc2)c(-c2ccc(OCCCCCC(=O)NO)cc2)c1=O. The highest BCUT2D eigenvalue weighted by Gasteiger charge is 2.24. The number of nitriles is 1. The Balaban J connectivity index is 0.00000441. The second kappa shape index (κ2) is 14.5. The minimum Gasteiger partial charge on any atom is -0.494 e. The van der Waals surface area contributed by atoms with E-state index in [1.54, 1.807) is 29.2 Å². The second-order valence-corrected chi connectivity index (χ2v) is 9.73. The van der Waals surface area contributed by atoms with E-state index < -0.39 is 0 Å². The lowest BCUT2D eigenvalue weighted by atomic mass is 9.99. The van der Waals surface area contributed by atoms with Crippen molar-refractivity contribution in [2.45, 2.75) is 44.6 Å². The van der Waals surface area contributed by atoms with Crippen molar-refractivity contribution in [3.05, 3.63) is 64.4 Å². The van der Waals surface area contributed by atoms with Crippen molar-refractivity contribution in [2.75, 3.05) is 24.6 Å². The topological polar surface area (TPSA) is 146 Å². The molecule has 0 bridgehead atoms. The first-order valence-electron chi connectivity index (χ1n) is 13.2. The summed E-state index contributed by atoms with van der Waals surface area (Å²) in [6, 6.07) is 16.8. The van der Waals surface area contributed by atoms with Crippen LogP contribution in [0.2, 0.25) is 0 Å². The van der Waals surface area contributed by atoms with Crippen LogP contribution >= 0.6 is 12.4 Å². The van der Waals surface area contributed by atoms with Gasteiger partial charge in [-0.05, 0) is 61.9 Å². The molecule has 0 aliphatic carbocycles. The zero-order valence-electron chi connectivity index (χ0n) is 22.5. The number of hydroxylamine groups is 1. The van der Waals surface area contributed by atoms with E-state index in [1.165, 1.54) is 0 Å². The van der Waals surface area contributed by atoms with Gasteiger partial charge in [-0.1, -0.05) is 24.3 Å². The van der Waals surface area contributed by atoms with Crippen molar-refractivity contribution in [3.63, 3.8) is 0 Å². The van der Waals surface area contributed by atoms with Crippen LogP contribution < -0.4 is 26.4 Å². The van der Waals surface area contributed by atoms with E-state index in [9.17, 15) is 14.9 Å². The molecule has 1 aliphatic heterocycles. The lowest BCUT2D eigenvalue weighted by Crippen LogP contribution is -2.42. The molecular weight excluding hydrogens is 532 g/mol. The van der Waals surface area contributed by atoms with E-state index in [0.717, 1.165) is 49.9 Å². The highest BCUT2D eigenvalue weighted by Crippen LogP contribution is 2.31. The predicted octanol–water partition coefficient (Wildman–Crippen LogP) is 3.78. The Morgan fingerprint density at radius 2 is 1.75 bits per heavy atom. The molecule has 4 N–H and O–H groups in total. The Morgan fingerprint density at radius 3 is 2.38 bits per heavy atom. The van der Waals surface area contributed by atoms with Crippen molar-refractivity contribution < 1.29 is 14.7 Å². The fraction of sp³-hybridized carbons (Fsp3) is 0.379. The zero-order valence-corrected chi connectivity index (χ0v) is 23.3. The molecule has 0 saturated carbocycles. The maximum Gasteiger partial charge on any atom is 0.263 e. The van der Waals surface area contributed by atoms with Gasteiger partial charge in [-0.25, -0.2) is 10.5 Å². The molecule has 212 valence electrons. The fourth-order valence-electron chi connectivity index (χ4n) is 4.67. The molecule has 1 aliphatic rings. The summed E-state index contributed by atoms with van der Waals surface area (Å²) in [5.41, 5.74) is 10.6. The van der Waals surface area contributed by atoms with Crippen LogP contribution in [-0.4, -0.2) is 46.4 Å². The van der Waals surface area contributed by atoms with E-state index in [1.807, 2.05) is 36.4 Å². The molecule has 11 heteroatoms. The van der Waals surface area contributed by atoms with Crippen LogP contribution in [0, 0.1) is 11.3 Å². The number of carbonyl (C=O) groups excluding carboxylic acids is 1. The summed E-state index contributed by atoms with van der Waals surface area (Å²) in [7, 11) is 1.74. The number of amides is 1. The first kappa shape index (κ1) is 30.6. The lowest BCUT2D eigenvalue weighted by molar-refractivity contribution is -0.129. The monoisotopic (exact) mass is 566 g/mol. The van der Waals surface area contributed by atoms with Crippen molar-refractivity contribution in [1.29, 1.82) is 5.26 Å². The van der Waals surface area contributed by atoms with Crippen LogP contribution in [0.4, 0.5) is 5.95 Å². The van der Waals surface area contributed by atoms with Gasteiger partial charge in [0, 0.05) is 38.2 Å². The first-order chi connectivity index (χ1) is 18.9. The van der Waals surface area contributed by atoms with Gasteiger partial charge in [0.25, 0.3) is 5.56 Å². The Labute approximate surface area is 239 Å². The number of unbranched alkanes of at least 4 members (excludes halogenated alkanes) is 2. The second-order valence-electron chi connectivity index (χ2n) is 9.73. The number of anilines is 1. The quantitative estimate of drug-likeness (QED) is 0.191. The zero-order chi connectivity index (χ0) is 27.8. The van der Waals surface area contributed by atoms with Gasteiger partial charge in [0.1, 0.15) is 5.75 Å². The van der Waals surface area contributed by atoms with Gasteiger partial charge >= 0.3 is 0 Å². The van der Waals surface area contributed by atoms with Crippen LogP contribution in [0.25, 0.3) is 22.4 Å². The number of hydrogen-bond acceptors (Lipinski definition) is 8. The molecule has 4 rings (SSSR count). The minimum atomic E-state index is -0.388. The van der Waals surface area contributed by atoms with Crippen LogP contribution in [0.15, 0.2) is 53.3 Å². The number of nitrogens with one attached hydrogen (secondary N) is 1. The lowest BCUT2D eigenvalue weighted by Gasteiger charge is -2.32. The summed E-state index contributed by atoms with van der Waals surface area (Å²) >= 11 is 0. The van der Waals surface area contributed by atoms with Crippen molar-refractivity contribution in [2.24, 2.45) is 12.8 Å². The van der Waals surface area contributed by atoms with E-state index in [2.05, 4.69) is 11.0 Å². The molecule has 0 spiro atoms. The maximum atomic E-state index is 13.8. The summed E-state index contributed by atoms with van der Waals surface area (Å²) in [4.78, 5) is 32.0. The highest BCUT2D eigenvalue weighted by atomic mass is 35.5. The molecule has 1 fully saturated rings. The molecule has 0 radical (unpaired) electrons. The number of benzene rings is 2.